The van der Waals surface area contributed by atoms with Gasteiger partial charge in [0.2, 0.25) is 0 Å². The standard InChI is InChI=1S/C6H6FNO2/c1-10-6(9)4-2-3-5(7)8-4/h2-3,8H,1H3. The fourth-order valence-corrected chi connectivity index (χ4v) is 0.598. The third-order valence-electron chi connectivity index (χ3n) is 1.06. The molecule has 1 rings (SSSR count). The van der Waals surface area contributed by atoms with Crippen LogP contribution < -0.4 is 0 Å². The van der Waals surface area contributed by atoms with E-state index in [1.807, 2.05) is 0 Å². The van der Waals surface area contributed by atoms with Crippen LogP contribution in [0.25, 0.3) is 0 Å². The largest absolute Gasteiger partial charge is 0.464 e. The predicted molar refractivity (Wildman–Crippen MR) is 32.1 cm³/mol. The zero-order valence-corrected chi connectivity index (χ0v) is 5.35. The summed E-state index contributed by atoms with van der Waals surface area (Å²) in [5.74, 6) is -1.11. The second-order valence-corrected chi connectivity index (χ2v) is 1.71. The van der Waals surface area contributed by atoms with Crippen molar-refractivity contribution in [1.82, 2.24) is 4.98 Å². The van der Waals surface area contributed by atoms with Gasteiger partial charge in [-0.3, -0.25) is 0 Å². The van der Waals surface area contributed by atoms with E-state index in [1.165, 1.54) is 13.2 Å². The quantitative estimate of drug-likeness (QED) is 0.594. The molecule has 0 spiro atoms. The molecule has 0 saturated carbocycles. The average molecular weight is 143 g/mol. The van der Waals surface area contributed by atoms with Gasteiger partial charge in [0.25, 0.3) is 0 Å². The topological polar surface area (TPSA) is 42.1 Å². The van der Waals surface area contributed by atoms with Gasteiger partial charge in [-0.2, -0.15) is 4.39 Å². The number of esters is 1. The number of rotatable bonds is 1. The number of halogens is 1. The molecule has 0 aliphatic heterocycles. The summed E-state index contributed by atoms with van der Waals surface area (Å²) in [6.07, 6.45) is 0. The van der Waals surface area contributed by atoms with E-state index in [9.17, 15) is 9.18 Å². The van der Waals surface area contributed by atoms with E-state index in [-0.39, 0.29) is 5.69 Å². The molecule has 0 saturated heterocycles. The maximum absolute atomic E-state index is 12.2. The van der Waals surface area contributed by atoms with Crippen molar-refractivity contribution in [3.8, 4) is 0 Å². The maximum atomic E-state index is 12.2. The molecule has 0 bridgehead atoms. The molecule has 0 atom stereocenters. The van der Waals surface area contributed by atoms with Crippen molar-refractivity contribution in [2.45, 2.75) is 0 Å². The third kappa shape index (κ3) is 1.15. The smallest absolute Gasteiger partial charge is 0.354 e. The van der Waals surface area contributed by atoms with Crippen LogP contribution in [0.1, 0.15) is 10.5 Å². The summed E-state index contributed by atoms with van der Waals surface area (Å²) in [6.45, 7) is 0. The molecule has 0 aromatic carbocycles. The van der Waals surface area contributed by atoms with E-state index < -0.39 is 11.9 Å². The SMILES string of the molecule is COC(=O)c1ccc(F)[nH]1. The van der Waals surface area contributed by atoms with Gasteiger partial charge in [-0.25, -0.2) is 4.79 Å². The molecule has 0 aliphatic rings. The van der Waals surface area contributed by atoms with Gasteiger partial charge in [-0.1, -0.05) is 0 Å². The van der Waals surface area contributed by atoms with Crippen LogP contribution in [0, 0.1) is 5.95 Å². The fraction of sp³-hybridized carbons (Fsp3) is 0.167. The highest BCUT2D eigenvalue weighted by Crippen LogP contribution is 2.00. The number of nitrogens with one attached hydrogen (secondary N) is 1. The first-order valence-corrected chi connectivity index (χ1v) is 2.67. The first kappa shape index (κ1) is 6.80. The van der Waals surface area contributed by atoms with Crippen molar-refractivity contribution >= 4 is 5.97 Å². The second-order valence-electron chi connectivity index (χ2n) is 1.71. The number of ether oxygens (including phenoxy) is 1. The van der Waals surface area contributed by atoms with Gasteiger partial charge >= 0.3 is 5.97 Å². The molecule has 0 unspecified atom stereocenters. The number of hydrogen-bond donors (Lipinski definition) is 1. The number of H-pyrrole nitrogens is 1. The molecule has 1 aromatic rings. The Morgan fingerprint density at radius 2 is 2.40 bits per heavy atom. The molecule has 1 N–H and O–H groups in total. The summed E-state index contributed by atoms with van der Waals surface area (Å²) in [6, 6.07) is 2.48. The Labute approximate surface area is 56.8 Å². The Kier molecular flexibility index (Phi) is 1.71. The predicted octanol–water partition coefficient (Wildman–Crippen LogP) is 0.940. The molecule has 0 aliphatic carbocycles. The number of carbonyl (C=O) groups is 1. The van der Waals surface area contributed by atoms with Crippen molar-refractivity contribution in [3.05, 3.63) is 23.8 Å². The number of aromatic amines is 1. The number of aromatic nitrogens is 1. The Balaban J connectivity index is 2.85. The van der Waals surface area contributed by atoms with E-state index in [1.54, 1.807) is 0 Å². The zero-order valence-electron chi connectivity index (χ0n) is 5.35. The molecule has 0 fully saturated rings. The highest BCUT2D eigenvalue weighted by molar-refractivity contribution is 5.87. The minimum Gasteiger partial charge on any atom is -0.464 e. The van der Waals surface area contributed by atoms with Crippen LogP contribution in [-0.2, 0) is 4.74 Å². The molecule has 0 amide bonds. The van der Waals surface area contributed by atoms with Gasteiger partial charge in [-0.15, -0.1) is 0 Å². The van der Waals surface area contributed by atoms with E-state index in [0.717, 1.165) is 6.07 Å². The summed E-state index contributed by atoms with van der Waals surface area (Å²) in [4.78, 5) is 12.8. The minimum absolute atomic E-state index is 0.125. The number of methoxy groups -OCH3 is 1. The third-order valence-corrected chi connectivity index (χ3v) is 1.06. The van der Waals surface area contributed by atoms with Crippen molar-refractivity contribution in [1.29, 1.82) is 0 Å². The molecular weight excluding hydrogens is 137 g/mol. The van der Waals surface area contributed by atoms with Crippen LogP contribution in [0.4, 0.5) is 4.39 Å². The monoisotopic (exact) mass is 143 g/mol. The Bertz CT molecular complexity index is 244. The average Bonchev–Trinajstić information content (AvgIpc) is 2.34. The maximum Gasteiger partial charge on any atom is 0.354 e. The van der Waals surface area contributed by atoms with E-state index in [4.69, 9.17) is 0 Å². The van der Waals surface area contributed by atoms with Crippen LogP contribution in [0.3, 0.4) is 0 Å². The van der Waals surface area contributed by atoms with Crippen LogP contribution in [-0.4, -0.2) is 18.1 Å². The summed E-state index contributed by atoms with van der Waals surface area (Å²) in [5, 5.41) is 0. The van der Waals surface area contributed by atoms with E-state index in [0.29, 0.717) is 0 Å². The van der Waals surface area contributed by atoms with Gasteiger partial charge in [-0.05, 0) is 12.1 Å². The zero-order chi connectivity index (χ0) is 7.56. The molecule has 10 heavy (non-hydrogen) atoms. The lowest BCUT2D eigenvalue weighted by molar-refractivity contribution is 0.0594. The first-order valence-electron chi connectivity index (χ1n) is 2.67. The number of hydrogen-bond acceptors (Lipinski definition) is 2. The van der Waals surface area contributed by atoms with E-state index >= 15 is 0 Å². The summed E-state index contributed by atoms with van der Waals surface area (Å²) in [5.41, 5.74) is 0.125. The van der Waals surface area contributed by atoms with Gasteiger partial charge in [0.05, 0.1) is 7.11 Å². The summed E-state index contributed by atoms with van der Waals surface area (Å²) < 4.78 is 16.5. The minimum atomic E-state index is -0.566. The first-order chi connectivity index (χ1) is 4.74. The molecule has 54 valence electrons. The Morgan fingerprint density at radius 3 is 2.80 bits per heavy atom. The van der Waals surface area contributed by atoms with Gasteiger partial charge < -0.3 is 9.72 Å². The Hall–Kier alpha value is -1.32. The van der Waals surface area contributed by atoms with Gasteiger partial charge in [0.15, 0.2) is 5.95 Å². The fourth-order valence-electron chi connectivity index (χ4n) is 0.598. The van der Waals surface area contributed by atoms with E-state index in [2.05, 4.69) is 9.72 Å². The molecule has 0 radical (unpaired) electrons. The lowest BCUT2D eigenvalue weighted by atomic mass is 10.4. The van der Waals surface area contributed by atoms with Crippen LogP contribution >= 0.6 is 0 Å². The lowest BCUT2D eigenvalue weighted by Crippen LogP contribution is -2.00. The van der Waals surface area contributed by atoms with Crippen LogP contribution in [0.5, 0.6) is 0 Å². The molecule has 4 heteroatoms. The normalized spacial score (nSPS) is 9.40. The summed E-state index contributed by atoms with van der Waals surface area (Å²) >= 11 is 0. The van der Waals surface area contributed by atoms with Crippen molar-refractivity contribution in [3.63, 3.8) is 0 Å². The molecule has 1 heterocycles. The summed E-state index contributed by atoms with van der Waals surface area (Å²) in [7, 11) is 1.24. The van der Waals surface area contributed by atoms with Gasteiger partial charge in [0, 0.05) is 0 Å². The molecule has 1 aromatic heterocycles. The van der Waals surface area contributed by atoms with Crippen molar-refractivity contribution in [2.75, 3.05) is 7.11 Å². The molecule has 3 nitrogen and oxygen atoms in total. The lowest BCUT2D eigenvalue weighted by Gasteiger charge is -1.91. The Morgan fingerprint density at radius 1 is 1.70 bits per heavy atom. The highest BCUT2D eigenvalue weighted by atomic mass is 19.1. The van der Waals surface area contributed by atoms with Gasteiger partial charge in [0.1, 0.15) is 5.69 Å². The number of carbonyl (C=O) groups excluding carboxylic acids is 1. The molecular formula is C6H6FNO2. The highest BCUT2D eigenvalue weighted by Gasteiger charge is 2.06. The van der Waals surface area contributed by atoms with Crippen molar-refractivity contribution in [2.24, 2.45) is 0 Å². The van der Waals surface area contributed by atoms with Crippen molar-refractivity contribution < 1.29 is 13.9 Å². The van der Waals surface area contributed by atoms with Crippen LogP contribution in [0.15, 0.2) is 12.1 Å². The van der Waals surface area contributed by atoms with Crippen LogP contribution in [0.2, 0.25) is 0 Å². The second kappa shape index (κ2) is 2.51.